The Morgan fingerprint density at radius 2 is 1.70 bits per heavy atom. The lowest BCUT2D eigenvalue weighted by atomic mass is 10.2. The average molecular weight is 411 g/mol. The van der Waals surface area contributed by atoms with Crippen LogP contribution in [0.3, 0.4) is 0 Å². The molecule has 0 aliphatic carbocycles. The summed E-state index contributed by atoms with van der Waals surface area (Å²) in [4.78, 5) is 0. The lowest BCUT2D eigenvalue weighted by Gasteiger charge is -2.12. The molecule has 0 spiro atoms. The summed E-state index contributed by atoms with van der Waals surface area (Å²) in [5.41, 5.74) is 4.62. The fourth-order valence-electron chi connectivity index (χ4n) is 1.53. The molecule has 0 saturated heterocycles. The number of ether oxygens (including phenoxy) is 1. The molecule has 0 saturated carbocycles. The molecule has 2 aromatic rings. The molecule has 20 heavy (non-hydrogen) atoms. The minimum atomic E-state index is -4.47. The van der Waals surface area contributed by atoms with Crippen molar-refractivity contribution in [2.45, 2.75) is 6.18 Å². The molecule has 2 nitrogen and oxygen atoms in total. The summed E-state index contributed by atoms with van der Waals surface area (Å²) < 4.78 is 44.9. The van der Waals surface area contributed by atoms with E-state index in [-0.39, 0.29) is 11.4 Å². The molecular formula is C13H8Br2F3NO. The van der Waals surface area contributed by atoms with E-state index < -0.39 is 11.7 Å². The Bertz CT molecular complexity index is 644. The second kappa shape index (κ2) is 5.65. The van der Waals surface area contributed by atoms with Gasteiger partial charge in [0.05, 0.1) is 10.0 Å². The highest BCUT2D eigenvalue weighted by molar-refractivity contribution is 9.11. The predicted molar refractivity (Wildman–Crippen MR) is 77.8 cm³/mol. The first-order valence-electron chi connectivity index (χ1n) is 5.36. The van der Waals surface area contributed by atoms with E-state index in [1.54, 1.807) is 18.2 Å². The van der Waals surface area contributed by atoms with Crippen LogP contribution in [-0.2, 0) is 6.18 Å². The molecule has 0 heterocycles. The third kappa shape index (κ3) is 3.67. The van der Waals surface area contributed by atoms with Crippen molar-refractivity contribution in [3.63, 3.8) is 0 Å². The van der Waals surface area contributed by atoms with Gasteiger partial charge in [-0.05, 0) is 46.3 Å². The van der Waals surface area contributed by atoms with Crippen LogP contribution >= 0.6 is 31.9 Å². The van der Waals surface area contributed by atoms with Gasteiger partial charge in [0.25, 0.3) is 0 Å². The van der Waals surface area contributed by atoms with Gasteiger partial charge in [0.1, 0.15) is 11.5 Å². The maximum atomic E-state index is 12.7. The molecule has 106 valence electrons. The quantitative estimate of drug-likeness (QED) is 0.653. The van der Waals surface area contributed by atoms with Gasteiger partial charge in [0.2, 0.25) is 0 Å². The van der Waals surface area contributed by atoms with Gasteiger partial charge in [-0.3, -0.25) is 0 Å². The van der Waals surface area contributed by atoms with Gasteiger partial charge in [0, 0.05) is 16.2 Å². The van der Waals surface area contributed by atoms with E-state index in [1.165, 1.54) is 6.07 Å². The summed E-state index contributed by atoms with van der Waals surface area (Å²) in [5, 5.41) is 0. The zero-order valence-electron chi connectivity index (χ0n) is 9.84. The van der Waals surface area contributed by atoms with E-state index in [2.05, 4.69) is 31.9 Å². The Kier molecular flexibility index (Phi) is 4.29. The van der Waals surface area contributed by atoms with Gasteiger partial charge < -0.3 is 10.5 Å². The number of benzene rings is 2. The van der Waals surface area contributed by atoms with Gasteiger partial charge in [-0.2, -0.15) is 13.2 Å². The van der Waals surface area contributed by atoms with Crippen LogP contribution in [0.4, 0.5) is 18.9 Å². The van der Waals surface area contributed by atoms with Crippen LogP contribution in [0.1, 0.15) is 5.56 Å². The van der Waals surface area contributed by atoms with E-state index >= 15 is 0 Å². The van der Waals surface area contributed by atoms with Gasteiger partial charge >= 0.3 is 6.18 Å². The van der Waals surface area contributed by atoms with Crippen molar-refractivity contribution in [2.24, 2.45) is 0 Å². The van der Waals surface area contributed by atoms with Crippen LogP contribution in [0.2, 0.25) is 0 Å². The molecule has 0 unspecified atom stereocenters. The van der Waals surface area contributed by atoms with Crippen molar-refractivity contribution < 1.29 is 17.9 Å². The Morgan fingerprint density at radius 3 is 2.30 bits per heavy atom. The minimum absolute atomic E-state index is 0.0111. The molecule has 0 bridgehead atoms. The summed E-state index contributed by atoms with van der Waals surface area (Å²) in [6.45, 7) is 0. The Hall–Kier alpha value is -1.21. The van der Waals surface area contributed by atoms with Crippen molar-refractivity contribution in [3.05, 3.63) is 50.9 Å². The first-order chi connectivity index (χ1) is 9.25. The monoisotopic (exact) mass is 409 g/mol. The number of hydrogen-bond donors (Lipinski definition) is 1. The molecule has 0 aliphatic rings. The summed E-state index contributed by atoms with van der Waals surface area (Å²) >= 11 is 6.55. The molecule has 0 aromatic heterocycles. The third-order valence-electron chi connectivity index (χ3n) is 2.38. The normalized spacial score (nSPS) is 11.4. The molecular weight excluding hydrogens is 403 g/mol. The number of rotatable bonds is 2. The van der Waals surface area contributed by atoms with Gasteiger partial charge in [-0.1, -0.05) is 15.9 Å². The zero-order chi connectivity index (χ0) is 14.9. The first-order valence-corrected chi connectivity index (χ1v) is 6.95. The van der Waals surface area contributed by atoms with Crippen molar-refractivity contribution >= 4 is 37.5 Å². The van der Waals surface area contributed by atoms with Crippen molar-refractivity contribution in [1.82, 2.24) is 0 Å². The number of anilines is 1. The molecule has 0 aliphatic heterocycles. The summed E-state index contributed by atoms with van der Waals surface area (Å²) in [6, 6.07) is 8.19. The highest BCUT2D eigenvalue weighted by Crippen LogP contribution is 2.37. The highest BCUT2D eigenvalue weighted by atomic mass is 79.9. The molecule has 2 rings (SSSR count). The summed E-state index contributed by atoms with van der Waals surface area (Å²) in [5.74, 6) is 0.423. The maximum Gasteiger partial charge on any atom is 0.416 e. The predicted octanol–water partition coefficient (Wildman–Crippen LogP) is 5.60. The lowest BCUT2D eigenvalue weighted by Crippen LogP contribution is -2.06. The SMILES string of the molecule is Nc1cc(Oc2ccc(Br)cc2Br)cc(C(F)(F)F)c1. The average Bonchev–Trinajstić information content (AvgIpc) is 2.31. The molecule has 0 fully saturated rings. The van der Waals surface area contributed by atoms with Crippen molar-refractivity contribution in [1.29, 1.82) is 0 Å². The second-order valence-electron chi connectivity index (χ2n) is 3.97. The smallest absolute Gasteiger partial charge is 0.416 e. The topological polar surface area (TPSA) is 35.2 Å². The van der Waals surface area contributed by atoms with Crippen LogP contribution in [0.15, 0.2) is 45.3 Å². The number of hydrogen-bond acceptors (Lipinski definition) is 2. The Labute approximate surface area is 130 Å². The van der Waals surface area contributed by atoms with E-state index in [1.807, 2.05) is 0 Å². The van der Waals surface area contributed by atoms with Crippen molar-refractivity contribution in [3.8, 4) is 11.5 Å². The summed E-state index contributed by atoms with van der Waals surface area (Å²) in [7, 11) is 0. The molecule has 2 aromatic carbocycles. The fourth-order valence-corrected chi connectivity index (χ4v) is 2.66. The van der Waals surface area contributed by atoms with Crippen LogP contribution in [0, 0.1) is 0 Å². The second-order valence-corrected chi connectivity index (χ2v) is 5.74. The first kappa shape index (κ1) is 15.2. The highest BCUT2D eigenvalue weighted by Gasteiger charge is 2.31. The van der Waals surface area contributed by atoms with E-state index in [0.717, 1.165) is 16.6 Å². The van der Waals surface area contributed by atoms with Crippen LogP contribution in [0.5, 0.6) is 11.5 Å². The van der Waals surface area contributed by atoms with Crippen LogP contribution < -0.4 is 10.5 Å². The van der Waals surface area contributed by atoms with Gasteiger partial charge in [-0.25, -0.2) is 0 Å². The van der Waals surface area contributed by atoms with Gasteiger partial charge in [0.15, 0.2) is 0 Å². The molecule has 0 atom stereocenters. The lowest BCUT2D eigenvalue weighted by molar-refractivity contribution is -0.137. The van der Waals surface area contributed by atoms with Crippen molar-refractivity contribution in [2.75, 3.05) is 5.73 Å². The molecule has 2 N–H and O–H groups in total. The standard InChI is InChI=1S/C13H8Br2F3NO/c14-8-1-2-12(11(15)5-8)20-10-4-7(13(16,17)18)3-9(19)6-10/h1-6H,19H2. The Morgan fingerprint density at radius 1 is 1.00 bits per heavy atom. The fraction of sp³-hybridized carbons (Fsp3) is 0.0769. The zero-order valence-corrected chi connectivity index (χ0v) is 13.0. The molecule has 0 radical (unpaired) electrons. The molecule has 7 heteroatoms. The van der Waals surface area contributed by atoms with E-state index in [0.29, 0.717) is 10.2 Å². The third-order valence-corrected chi connectivity index (χ3v) is 3.49. The number of halogens is 5. The van der Waals surface area contributed by atoms with E-state index in [9.17, 15) is 13.2 Å². The van der Waals surface area contributed by atoms with Crippen LogP contribution in [0.25, 0.3) is 0 Å². The number of alkyl halides is 3. The van der Waals surface area contributed by atoms with E-state index in [4.69, 9.17) is 10.5 Å². The maximum absolute atomic E-state index is 12.7. The largest absolute Gasteiger partial charge is 0.456 e. The summed E-state index contributed by atoms with van der Waals surface area (Å²) in [6.07, 6.45) is -4.47. The Balaban J connectivity index is 2.36. The minimum Gasteiger partial charge on any atom is -0.456 e. The number of nitrogens with two attached hydrogens (primary N) is 1. The number of nitrogen functional groups attached to an aromatic ring is 1. The molecule has 0 amide bonds. The van der Waals surface area contributed by atoms with Gasteiger partial charge in [-0.15, -0.1) is 0 Å². The van der Waals surface area contributed by atoms with Crippen LogP contribution in [-0.4, -0.2) is 0 Å².